The van der Waals surface area contributed by atoms with Crippen molar-refractivity contribution in [3.63, 3.8) is 0 Å². The van der Waals surface area contributed by atoms with Gasteiger partial charge in [-0.2, -0.15) is 0 Å². The summed E-state index contributed by atoms with van der Waals surface area (Å²) >= 11 is 0. The quantitative estimate of drug-likeness (QED) is 0.881. The number of hydrogen-bond acceptors (Lipinski definition) is 3. The Morgan fingerprint density at radius 1 is 1.26 bits per heavy atom. The summed E-state index contributed by atoms with van der Waals surface area (Å²) in [5.41, 5.74) is 1.62. The molecule has 0 unspecified atom stereocenters. The Bertz CT molecular complexity index is 479. The molecule has 1 heterocycles. The summed E-state index contributed by atoms with van der Waals surface area (Å²) in [6.45, 7) is 5.13. The lowest BCUT2D eigenvalue weighted by molar-refractivity contribution is -0.128. The van der Waals surface area contributed by atoms with Gasteiger partial charge in [-0.15, -0.1) is 0 Å². The van der Waals surface area contributed by atoms with E-state index in [4.69, 9.17) is 0 Å². The van der Waals surface area contributed by atoms with Crippen LogP contribution in [0.5, 0.6) is 0 Å². The molecule has 4 nitrogen and oxygen atoms in total. The third-order valence-electron chi connectivity index (χ3n) is 3.50. The lowest BCUT2D eigenvalue weighted by atomic mass is 10.0. The largest absolute Gasteiger partial charge is 0.317 e. The monoisotopic (exact) mass is 260 g/mol. The number of piperidine rings is 1. The number of imide groups is 1. The van der Waals surface area contributed by atoms with Crippen LogP contribution in [0.4, 0.5) is 0 Å². The third-order valence-corrected chi connectivity index (χ3v) is 3.50. The van der Waals surface area contributed by atoms with Crippen molar-refractivity contribution in [2.24, 2.45) is 0 Å². The summed E-state index contributed by atoms with van der Waals surface area (Å²) in [6, 6.07) is 7.42. The van der Waals surface area contributed by atoms with Crippen LogP contribution in [0.1, 0.15) is 35.7 Å². The summed E-state index contributed by atoms with van der Waals surface area (Å²) in [6.07, 6.45) is 1.66. The van der Waals surface area contributed by atoms with E-state index in [1.54, 1.807) is 6.07 Å². The van der Waals surface area contributed by atoms with Crippen molar-refractivity contribution >= 4 is 11.8 Å². The van der Waals surface area contributed by atoms with Gasteiger partial charge in [0.1, 0.15) is 0 Å². The molecule has 1 N–H and O–H groups in total. The molecule has 1 aliphatic rings. The topological polar surface area (TPSA) is 49.4 Å². The van der Waals surface area contributed by atoms with Crippen LogP contribution in [0.15, 0.2) is 24.3 Å². The molecule has 0 radical (unpaired) electrons. The second kappa shape index (κ2) is 5.97. The predicted octanol–water partition coefficient (Wildman–Crippen LogP) is 1.74. The van der Waals surface area contributed by atoms with Crippen molar-refractivity contribution in [1.82, 2.24) is 10.2 Å². The molecule has 1 aliphatic heterocycles. The Kier molecular flexibility index (Phi) is 4.32. The summed E-state index contributed by atoms with van der Waals surface area (Å²) < 4.78 is 0. The van der Waals surface area contributed by atoms with Gasteiger partial charge in [-0.05, 0) is 45.0 Å². The fourth-order valence-corrected chi connectivity index (χ4v) is 2.55. The number of rotatable bonds is 2. The molecule has 0 spiro atoms. The van der Waals surface area contributed by atoms with E-state index in [-0.39, 0.29) is 17.9 Å². The number of aryl methyl sites for hydroxylation is 1. The standard InChI is InChI=1S/C15H20N2O2/c1-11-4-3-5-13(10-11)15(19)17(12(2)18)14-6-8-16-9-7-14/h3-5,10,14,16H,6-9H2,1-2H3. The molecule has 19 heavy (non-hydrogen) atoms. The highest BCUT2D eigenvalue weighted by Gasteiger charge is 2.29. The normalized spacial score (nSPS) is 16.1. The molecule has 1 aromatic carbocycles. The van der Waals surface area contributed by atoms with Crippen LogP contribution in [0.2, 0.25) is 0 Å². The van der Waals surface area contributed by atoms with Crippen molar-refractivity contribution < 1.29 is 9.59 Å². The van der Waals surface area contributed by atoms with Crippen molar-refractivity contribution in [3.05, 3.63) is 35.4 Å². The second-order valence-electron chi connectivity index (χ2n) is 5.04. The Balaban J connectivity index is 2.23. The van der Waals surface area contributed by atoms with Crippen LogP contribution < -0.4 is 5.32 Å². The molecule has 1 aromatic rings. The molecule has 0 aromatic heterocycles. The lowest BCUT2D eigenvalue weighted by Crippen LogP contribution is -2.48. The fourth-order valence-electron chi connectivity index (χ4n) is 2.55. The molecule has 0 bridgehead atoms. The molecule has 2 rings (SSSR count). The maximum atomic E-state index is 12.5. The minimum atomic E-state index is -0.178. The second-order valence-corrected chi connectivity index (χ2v) is 5.04. The van der Waals surface area contributed by atoms with Crippen LogP contribution in [0.25, 0.3) is 0 Å². The zero-order valence-electron chi connectivity index (χ0n) is 11.5. The Morgan fingerprint density at radius 3 is 2.53 bits per heavy atom. The van der Waals surface area contributed by atoms with Gasteiger partial charge < -0.3 is 5.32 Å². The molecule has 0 atom stereocenters. The van der Waals surface area contributed by atoms with Gasteiger partial charge in [0, 0.05) is 18.5 Å². The van der Waals surface area contributed by atoms with Gasteiger partial charge in [0.25, 0.3) is 5.91 Å². The van der Waals surface area contributed by atoms with Crippen LogP contribution in [0, 0.1) is 6.92 Å². The highest BCUT2D eigenvalue weighted by atomic mass is 16.2. The molecule has 0 saturated carbocycles. The Morgan fingerprint density at radius 2 is 1.95 bits per heavy atom. The predicted molar refractivity (Wildman–Crippen MR) is 73.9 cm³/mol. The van der Waals surface area contributed by atoms with E-state index in [0.29, 0.717) is 5.56 Å². The van der Waals surface area contributed by atoms with Gasteiger partial charge in [-0.1, -0.05) is 17.7 Å². The van der Waals surface area contributed by atoms with E-state index in [1.165, 1.54) is 11.8 Å². The molecular formula is C15H20N2O2. The summed E-state index contributed by atoms with van der Waals surface area (Å²) in [5, 5.41) is 3.25. The zero-order valence-corrected chi connectivity index (χ0v) is 11.5. The number of carbonyl (C=O) groups is 2. The van der Waals surface area contributed by atoms with Gasteiger partial charge in [0.15, 0.2) is 0 Å². The first-order valence-corrected chi connectivity index (χ1v) is 6.71. The van der Waals surface area contributed by atoms with Gasteiger partial charge in [-0.25, -0.2) is 0 Å². The minimum Gasteiger partial charge on any atom is -0.317 e. The number of benzene rings is 1. The van der Waals surface area contributed by atoms with Gasteiger partial charge in [0.05, 0.1) is 0 Å². The van der Waals surface area contributed by atoms with Crippen LogP contribution >= 0.6 is 0 Å². The molecule has 1 fully saturated rings. The Labute approximate surface area is 113 Å². The number of nitrogens with zero attached hydrogens (tertiary/aromatic N) is 1. The highest BCUT2D eigenvalue weighted by Crippen LogP contribution is 2.16. The third kappa shape index (κ3) is 3.20. The number of carbonyl (C=O) groups excluding carboxylic acids is 2. The maximum Gasteiger partial charge on any atom is 0.260 e. The molecule has 1 saturated heterocycles. The smallest absolute Gasteiger partial charge is 0.260 e. The SMILES string of the molecule is CC(=O)N(C(=O)c1cccc(C)c1)C1CCNCC1. The first-order valence-electron chi connectivity index (χ1n) is 6.71. The Hall–Kier alpha value is -1.68. The fraction of sp³-hybridized carbons (Fsp3) is 0.467. The first kappa shape index (κ1) is 13.7. The van der Waals surface area contributed by atoms with Crippen molar-refractivity contribution in [2.45, 2.75) is 32.7 Å². The van der Waals surface area contributed by atoms with Crippen LogP contribution in [0.3, 0.4) is 0 Å². The van der Waals surface area contributed by atoms with Crippen molar-refractivity contribution in [3.8, 4) is 0 Å². The van der Waals surface area contributed by atoms with Gasteiger partial charge >= 0.3 is 0 Å². The average molecular weight is 260 g/mol. The van der Waals surface area contributed by atoms with E-state index >= 15 is 0 Å². The lowest BCUT2D eigenvalue weighted by Gasteiger charge is -2.32. The van der Waals surface area contributed by atoms with E-state index < -0.39 is 0 Å². The van der Waals surface area contributed by atoms with E-state index in [9.17, 15) is 9.59 Å². The number of nitrogens with one attached hydrogen (secondary N) is 1. The van der Waals surface area contributed by atoms with E-state index in [1.807, 2.05) is 25.1 Å². The number of amides is 2. The molecule has 102 valence electrons. The zero-order chi connectivity index (χ0) is 13.8. The van der Waals surface area contributed by atoms with Crippen molar-refractivity contribution in [1.29, 1.82) is 0 Å². The van der Waals surface area contributed by atoms with E-state index in [2.05, 4.69) is 5.32 Å². The average Bonchev–Trinajstić information content (AvgIpc) is 2.39. The van der Waals surface area contributed by atoms with Crippen molar-refractivity contribution in [2.75, 3.05) is 13.1 Å². The highest BCUT2D eigenvalue weighted by molar-refractivity contribution is 6.04. The molecular weight excluding hydrogens is 240 g/mol. The minimum absolute atomic E-state index is 0.0202. The summed E-state index contributed by atoms with van der Waals surface area (Å²) in [7, 11) is 0. The molecule has 4 heteroatoms. The molecule has 0 aliphatic carbocycles. The van der Waals surface area contributed by atoms with Gasteiger partial charge in [-0.3, -0.25) is 14.5 Å². The van der Waals surface area contributed by atoms with E-state index in [0.717, 1.165) is 31.5 Å². The first-order chi connectivity index (χ1) is 9.09. The summed E-state index contributed by atoms with van der Waals surface area (Å²) in [4.78, 5) is 25.8. The van der Waals surface area contributed by atoms with Crippen LogP contribution in [-0.4, -0.2) is 35.8 Å². The number of hydrogen-bond donors (Lipinski definition) is 1. The maximum absolute atomic E-state index is 12.5. The van der Waals surface area contributed by atoms with Crippen LogP contribution in [-0.2, 0) is 4.79 Å². The van der Waals surface area contributed by atoms with Gasteiger partial charge in [0.2, 0.25) is 5.91 Å². The summed E-state index contributed by atoms with van der Waals surface area (Å²) in [5.74, 6) is -0.346. The molecule has 2 amide bonds.